The Hall–Kier alpha value is -2.06. The maximum absolute atomic E-state index is 11.9. The molecular weight excluding hydrogens is 282 g/mol. The Bertz CT molecular complexity index is 755. The molecule has 4 nitrogen and oxygen atoms in total. The average Bonchev–Trinajstić information content (AvgIpc) is 2.45. The summed E-state index contributed by atoms with van der Waals surface area (Å²) < 4.78 is 0. The summed E-state index contributed by atoms with van der Waals surface area (Å²) in [5, 5.41) is 9.72. The normalized spacial score (nSPS) is 14.5. The molecule has 1 aromatic carbocycles. The zero-order valence-electron chi connectivity index (χ0n) is 11.7. The fourth-order valence-electron chi connectivity index (χ4n) is 2.52. The molecule has 106 valence electrons. The third-order valence-electron chi connectivity index (χ3n) is 3.96. The van der Waals surface area contributed by atoms with Crippen molar-refractivity contribution in [3.05, 3.63) is 45.7 Å². The van der Waals surface area contributed by atoms with Crippen LogP contribution in [0.2, 0.25) is 0 Å². The molecule has 0 unspecified atom stereocenters. The van der Waals surface area contributed by atoms with Crippen LogP contribution in [0.3, 0.4) is 0 Å². The minimum absolute atomic E-state index is 0.0733. The molecule has 1 N–H and O–H groups in total. The first-order chi connectivity index (χ1) is 10.2. The summed E-state index contributed by atoms with van der Waals surface area (Å²) in [5.74, 6) is 0.670. The van der Waals surface area contributed by atoms with Crippen LogP contribution in [0.5, 0.6) is 0 Å². The van der Waals surface area contributed by atoms with E-state index >= 15 is 0 Å². The third kappa shape index (κ3) is 2.59. The summed E-state index contributed by atoms with van der Waals surface area (Å²) in [6.07, 6.45) is 5.65. The number of H-pyrrole nitrogens is 1. The fourth-order valence-corrected chi connectivity index (χ4v) is 2.89. The summed E-state index contributed by atoms with van der Waals surface area (Å²) >= 11 is 1.36. The van der Waals surface area contributed by atoms with Crippen LogP contribution in [0.4, 0.5) is 0 Å². The van der Waals surface area contributed by atoms with Crippen LogP contribution in [-0.2, 0) is 0 Å². The zero-order chi connectivity index (χ0) is 14.8. The van der Waals surface area contributed by atoms with Gasteiger partial charge in [0, 0.05) is 5.56 Å². The summed E-state index contributed by atoms with van der Waals surface area (Å²) in [7, 11) is 0. The number of hydrogen-bond acceptors (Lipinski definition) is 4. The molecule has 0 amide bonds. The van der Waals surface area contributed by atoms with Gasteiger partial charge in [-0.05, 0) is 30.6 Å². The lowest BCUT2D eigenvalue weighted by molar-refractivity contribution is 0.420. The van der Waals surface area contributed by atoms with Gasteiger partial charge in [-0.1, -0.05) is 42.4 Å². The largest absolute Gasteiger partial charge is 0.300 e. The number of aromatic amines is 1. The Kier molecular flexibility index (Phi) is 3.80. The van der Waals surface area contributed by atoms with Crippen molar-refractivity contribution in [1.82, 2.24) is 9.97 Å². The van der Waals surface area contributed by atoms with Gasteiger partial charge in [0.1, 0.15) is 11.6 Å². The Morgan fingerprint density at radius 1 is 1.33 bits per heavy atom. The number of thioether (sulfide) groups is 1. The second kappa shape index (κ2) is 5.74. The third-order valence-corrected chi connectivity index (χ3v) is 4.54. The van der Waals surface area contributed by atoms with E-state index in [0.29, 0.717) is 16.8 Å². The van der Waals surface area contributed by atoms with E-state index < -0.39 is 0 Å². The van der Waals surface area contributed by atoms with Gasteiger partial charge < -0.3 is 4.98 Å². The maximum Gasteiger partial charge on any atom is 0.270 e. The van der Waals surface area contributed by atoms with Gasteiger partial charge in [-0.25, -0.2) is 4.98 Å². The highest BCUT2D eigenvalue weighted by Gasteiger charge is 2.19. The van der Waals surface area contributed by atoms with Crippen molar-refractivity contribution in [3.8, 4) is 17.3 Å². The van der Waals surface area contributed by atoms with E-state index in [-0.39, 0.29) is 11.1 Å². The fraction of sp³-hybridized carbons (Fsp3) is 0.312. The number of nitrogens with zero attached hydrogens (tertiary/aromatic N) is 2. The predicted molar refractivity (Wildman–Crippen MR) is 83.4 cm³/mol. The standard InChI is InChI=1S/C16H15N3OS/c1-21-16-18-14(13(9-17)15(20)19-16)12-7-5-11(6-8-12)10-3-2-4-10/h5-8,10H,2-4H2,1H3,(H,18,19,20). The average molecular weight is 297 g/mol. The molecule has 1 aromatic heterocycles. The van der Waals surface area contributed by atoms with Crippen LogP contribution >= 0.6 is 11.8 Å². The van der Waals surface area contributed by atoms with Crippen LogP contribution < -0.4 is 5.56 Å². The number of rotatable bonds is 3. The predicted octanol–water partition coefficient (Wildman–Crippen LogP) is 3.30. The van der Waals surface area contributed by atoms with Crippen LogP contribution in [-0.4, -0.2) is 16.2 Å². The van der Waals surface area contributed by atoms with Crippen molar-refractivity contribution in [3.63, 3.8) is 0 Å². The quantitative estimate of drug-likeness (QED) is 0.697. The number of nitrogens with one attached hydrogen (secondary N) is 1. The highest BCUT2D eigenvalue weighted by molar-refractivity contribution is 7.98. The molecule has 0 atom stereocenters. The summed E-state index contributed by atoms with van der Waals surface area (Å²) in [4.78, 5) is 18.9. The monoisotopic (exact) mass is 297 g/mol. The minimum Gasteiger partial charge on any atom is -0.300 e. The number of nitriles is 1. The maximum atomic E-state index is 11.9. The van der Waals surface area contributed by atoms with Crippen molar-refractivity contribution < 1.29 is 0 Å². The molecule has 2 aromatic rings. The molecule has 0 radical (unpaired) electrons. The Labute approximate surface area is 127 Å². The van der Waals surface area contributed by atoms with Gasteiger partial charge in [0.25, 0.3) is 5.56 Å². The summed E-state index contributed by atoms with van der Waals surface area (Å²) in [6.45, 7) is 0. The molecule has 1 saturated carbocycles. The molecule has 3 rings (SSSR count). The lowest BCUT2D eigenvalue weighted by Gasteiger charge is -2.25. The molecule has 1 aliphatic carbocycles. The zero-order valence-corrected chi connectivity index (χ0v) is 12.5. The molecule has 1 fully saturated rings. The van der Waals surface area contributed by atoms with E-state index in [9.17, 15) is 10.1 Å². The molecule has 0 spiro atoms. The van der Waals surface area contributed by atoms with Gasteiger partial charge in [0.05, 0.1) is 5.69 Å². The van der Waals surface area contributed by atoms with E-state index in [2.05, 4.69) is 22.1 Å². The van der Waals surface area contributed by atoms with E-state index in [1.807, 2.05) is 24.5 Å². The van der Waals surface area contributed by atoms with Crippen molar-refractivity contribution in [2.75, 3.05) is 6.26 Å². The van der Waals surface area contributed by atoms with Gasteiger partial charge in [0.2, 0.25) is 0 Å². The van der Waals surface area contributed by atoms with E-state index in [1.165, 1.54) is 36.6 Å². The second-order valence-electron chi connectivity index (χ2n) is 5.16. The highest BCUT2D eigenvalue weighted by atomic mass is 32.2. The van der Waals surface area contributed by atoms with Crippen molar-refractivity contribution in [1.29, 1.82) is 5.26 Å². The number of aromatic nitrogens is 2. The Morgan fingerprint density at radius 3 is 2.57 bits per heavy atom. The first kappa shape index (κ1) is 13.9. The van der Waals surface area contributed by atoms with Crippen molar-refractivity contribution in [2.45, 2.75) is 30.3 Å². The van der Waals surface area contributed by atoms with E-state index in [0.717, 1.165) is 5.56 Å². The van der Waals surface area contributed by atoms with Crippen molar-refractivity contribution in [2.24, 2.45) is 0 Å². The molecule has 0 bridgehead atoms. The molecule has 0 aliphatic heterocycles. The SMILES string of the molecule is CSc1nc(-c2ccc(C3CCC3)cc2)c(C#N)c(=O)[nH]1. The molecule has 0 saturated heterocycles. The Morgan fingerprint density at radius 2 is 2.05 bits per heavy atom. The highest BCUT2D eigenvalue weighted by Crippen LogP contribution is 2.36. The molecule has 5 heteroatoms. The first-order valence-corrected chi connectivity index (χ1v) is 8.14. The number of hydrogen-bond donors (Lipinski definition) is 1. The summed E-state index contributed by atoms with van der Waals surface area (Å²) in [5.41, 5.74) is 2.30. The first-order valence-electron chi connectivity index (χ1n) is 6.91. The topological polar surface area (TPSA) is 69.5 Å². The van der Waals surface area contributed by atoms with Gasteiger partial charge in [-0.3, -0.25) is 4.79 Å². The molecule has 1 aliphatic rings. The molecular formula is C16H15N3OS. The van der Waals surface area contributed by atoms with Crippen LogP contribution in [0.15, 0.2) is 34.2 Å². The van der Waals surface area contributed by atoms with Gasteiger partial charge >= 0.3 is 0 Å². The molecule has 21 heavy (non-hydrogen) atoms. The van der Waals surface area contributed by atoms with Crippen LogP contribution in [0.25, 0.3) is 11.3 Å². The number of benzene rings is 1. The summed E-state index contributed by atoms with van der Waals surface area (Å²) in [6, 6.07) is 10.0. The second-order valence-corrected chi connectivity index (χ2v) is 5.96. The lowest BCUT2D eigenvalue weighted by atomic mass is 9.80. The van der Waals surface area contributed by atoms with E-state index in [1.54, 1.807) is 0 Å². The van der Waals surface area contributed by atoms with Crippen LogP contribution in [0, 0.1) is 11.3 Å². The van der Waals surface area contributed by atoms with Gasteiger partial charge in [-0.2, -0.15) is 5.26 Å². The molecule has 1 heterocycles. The minimum atomic E-state index is -0.380. The lowest BCUT2D eigenvalue weighted by Crippen LogP contribution is -2.14. The van der Waals surface area contributed by atoms with E-state index in [4.69, 9.17) is 0 Å². The Balaban J connectivity index is 2.05. The smallest absolute Gasteiger partial charge is 0.270 e. The van der Waals surface area contributed by atoms with Gasteiger partial charge in [-0.15, -0.1) is 0 Å². The van der Waals surface area contributed by atoms with Crippen molar-refractivity contribution >= 4 is 11.8 Å². The van der Waals surface area contributed by atoms with Crippen LogP contribution in [0.1, 0.15) is 36.3 Å². The van der Waals surface area contributed by atoms with Gasteiger partial charge in [0.15, 0.2) is 5.16 Å².